The molecule has 3 fully saturated rings. The fraction of sp³-hybridized carbons (Fsp3) is 0.367. The summed E-state index contributed by atoms with van der Waals surface area (Å²) in [6, 6.07) is 9.46. The van der Waals surface area contributed by atoms with Crippen molar-refractivity contribution in [3.8, 4) is 11.5 Å². The summed E-state index contributed by atoms with van der Waals surface area (Å²) in [6.07, 6.45) is 1.52. The van der Waals surface area contributed by atoms with Crippen LogP contribution in [0.5, 0.6) is 11.5 Å². The summed E-state index contributed by atoms with van der Waals surface area (Å²) in [5.41, 5.74) is 0.579. The molecular formula is C30H34Cl2N4O9S. The number of carbonyl (C=O) groups is 3. The molecule has 0 spiro atoms. The molecule has 0 atom stereocenters. The van der Waals surface area contributed by atoms with Crippen molar-refractivity contribution >= 4 is 52.5 Å². The van der Waals surface area contributed by atoms with Crippen molar-refractivity contribution in [2.45, 2.75) is 15.3 Å². The van der Waals surface area contributed by atoms with E-state index in [9.17, 15) is 24.6 Å². The standard InChI is InChI=1S/C12H8Cl2O2S.C12H13N3O2.C6H13NO5/c13-7-1-3-9(15)11(5-7)17-12-6-8(14)2-4-10(12)16;16-9-7-8(13-1-2-13)12(17)11(15-5-6-15)10(9)14-3-4-14;8-2-6(3-9,4-10)7-1-5(11)12/h1-6,15-16H;7H,1-6H2;7-10H,1-4H2,(H,11,12). The van der Waals surface area contributed by atoms with Gasteiger partial charge in [-0.1, -0.05) is 35.0 Å². The number of halogens is 2. The van der Waals surface area contributed by atoms with Gasteiger partial charge in [-0.15, -0.1) is 0 Å². The van der Waals surface area contributed by atoms with Gasteiger partial charge >= 0.3 is 5.97 Å². The van der Waals surface area contributed by atoms with Crippen LogP contribution in [0.1, 0.15) is 0 Å². The highest BCUT2D eigenvalue weighted by Gasteiger charge is 2.43. The summed E-state index contributed by atoms with van der Waals surface area (Å²) in [6.45, 7) is 3.43. The van der Waals surface area contributed by atoms with Crippen molar-refractivity contribution in [3.05, 3.63) is 69.6 Å². The van der Waals surface area contributed by atoms with Crippen molar-refractivity contribution in [3.63, 3.8) is 0 Å². The van der Waals surface area contributed by atoms with Crippen LogP contribution in [0.3, 0.4) is 0 Å². The first kappa shape index (κ1) is 35.4. The normalized spacial score (nSPS) is 16.7. The number of Topliss-reactive ketones (excluding diaryl/α,β-unsaturated/α-hetero) is 1. The Balaban J connectivity index is 0.000000160. The summed E-state index contributed by atoms with van der Waals surface area (Å²) in [7, 11) is 0. The molecule has 7 N–H and O–H groups in total. The van der Waals surface area contributed by atoms with Gasteiger partial charge in [0.05, 0.1) is 47.4 Å². The first-order valence-electron chi connectivity index (χ1n) is 14.2. The van der Waals surface area contributed by atoms with Crippen LogP contribution in [0, 0.1) is 0 Å². The van der Waals surface area contributed by atoms with E-state index in [2.05, 4.69) is 5.32 Å². The molecule has 0 saturated carbocycles. The smallest absolute Gasteiger partial charge is 0.317 e. The average molecular weight is 698 g/mol. The molecule has 0 radical (unpaired) electrons. The van der Waals surface area contributed by atoms with Gasteiger partial charge in [-0.25, -0.2) is 0 Å². The molecular weight excluding hydrogens is 663 g/mol. The summed E-state index contributed by atoms with van der Waals surface area (Å²) in [5, 5.41) is 57.1. The van der Waals surface area contributed by atoms with Crippen molar-refractivity contribution in [2.75, 3.05) is 65.6 Å². The Hall–Kier alpha value is -3.50. The number of aromatic hydroxyl groups is 2. The van der Waals surface area contributed by atoms with Crippen LogP contribution in [0.25, 0.3) is 0 Å². The number of nitrogens with zero attached hydrogens (tertiary/aromatic N) is 3. The van der Waals surface area contributed by atoms with Crippen LogP contribution in [-0.4, -0.2) is 134 Å². The number of hydrogen-bond acceptors (Lipinski definition) is 13. The number of nitrogens with one attached hydrogen (secondary N) is 1. The van der Waals surface area contributed by atoms with Gasteiger partial charge in [0, 0.05) is 55.4 Å². The first-order chi connectivity index (χ1) is 21.9. The van der Waals surface area contributed by atoms with Crippen LogP contribution in [0.2, 0.25) is 10.0 Å². The van der Waals surface area contributed by atoms with Crippen LogP contribution in [0.15, 0.2) is 69.4 Å². The van der Waals surface area contributed by atoms with E-state index in [0.29, 0.717) is 36.9 Å². The minimum atomic E-state index is -1.31. The number of aliphatic carboxylic acids is 1. The lowest BCUT2D eigenvalue weighted by atomic mass is 10.0. The van der Waals surface area contributed by atoms with E-state index in [1.165, 1.54) is 30.0 Å². The molecule has 248 valence electrons. The number of carboxylic acids is 1. The molecule has 3 saturated heterocycles. The molecule has 3 heterocycles. The zero-order valence-corrected chi connectivity index (χ0v) is 26.9. The quantitative estimate of drug-likeness (QED) is 0.130. The number of aliphatic hydroxyl groups is 3. The maximum absolute atomic E-state index is 12.4. The largest absolute Gasteiger partial charge is 0.507 e. The van der Waals surface area contributed by atoms with E-state index in [1.807, 2.05) is 14.7 Å². The molecule has 2 aromatic carbocycles. The van der Waals surface area contributed by atoms with E-state index < -0.39 is 37.9 Å². The number of allylic oxidation sites excluding steroid dienone is 1. The van der Waals surface area contributed by atoms with E-state index in [1.54, 1.807) is 24.3 Å². The number of hydrogen-bond donors (Lipinski definition) is 7. The SMILES string of the molecule is O=C(O)CNC(CO)(CO)CO.O=C1C=C(N2CC2)C(=O)C(N2CC2)=C1N1CC1.Oc1ccc(Cl)cc1Sc1cc(Cl)ccc1O. The number of carboxylic acid groups (broad SMARTS) is 1. The van der Waals surface area contributed by atoms with Crippen molar-refractivity contribution in [1.29, 1.82) is 0 Å². The highest BCUT2D eigenvalue weighted by Crippen LogP contribution is 2.41. The highest BCUT2D eigenvalue weighted by molar-refractivity contribution is 7.99. The number of rotatable bonds is 11. The minimum Gasteiger partial charge on any atom is -0.507 e. The summed E-state index contributed by atoms with van der Waals surface area (Å²) >= 11 is 12.9. The second-order valence-electron chi connectivity index (χ2n) is 10.7. The van der Waals surface area contributed by atoms with Gasteiger partial charge in [0.15, 0.2) is 0 Å². The number of ketones is 2. The Morgan fingerprint density at radius 2 is 1.24 bits per heavy atom. The van der Waals surface area contributed by atoms with Crippen molar-refractivity contribution in [1.82, 2.24) is 20.0 Å². The molecule has 0 unspecified atom stereocenters. The maximum atomic E-state index is 12.4. The van der Waals surface area contributed by atoms with Crippen molar-refractivity contribution in [2.24, 2.45) is 0 Å². The van der Waals surface area contributed by atoms with Crippen LogP contribution in [-0.2, 0) is 14.4 Å². The number of carbonyl (C=O) groups excluding carboxylic acids is 2. The molecule has 6 rings (SSSR count). The van der Waals surface area contributed by atoms with Gasteiger partial charge in [0.2, 0.25) is 11.6 Å². The Morgan fingerprint density at radius 1 is 0.783 bits per heavy atom. The first-order valence-corrected chi connectivity index (χ1v) is 15.7. The molecule has 1 aliphatic carbocycles. The molecule has 0 aromatic heterocycles. The molecule has 46 heavy (non-hydrogen) atoms. The number of benzene rings is 2. The summed E-state index contributed by atoms with van der Waals surface area (Å²) < 4.78 is 0. The molecule has 0 bridgehead atoms. The minimum absolute atomic E-state index is 0.00546. The maximum Gasteiger partial charge on any atom is 0.317 e. The van der Waals surface area contributed by atoms with Gasteiger partial charge < -0.3 is 45.3 Å². The third-order valence-electron chi connectivity index (χ3n) is 7.07. The van der Waals surface area contributed by atoms with Crippen molar-refractivity contribution < 1.29 is 45.0 Å². The molecule has 3 aliphatic heterocycles. The predicted octanol–water partition coefficient (Wildman–Crippen LogP) is 1.11. The van der Waals surface area contributed by atoms with Gasteiger partial charge in [-0.3, -0.25) is 19.7 Å². The zero-order chi connectivity index (χ0) is 33.6. The molecule has 0 amide bonds. The van der Waals surface area contributed by atoms with Gasteiger partial charge in [-0.05, 0) is 36.4 Å². The number of phenolic OH excluding ortho intramolecular Hbond substituents is 2. The lowest BCUT2D eigenvalue weighted by Crippen LogP contribution is -2.56. The third-order valence-corrected chi connectivity index (χ3v) is 8.64. The van der Waals surface area contributed by atoms with Gasteiger partial charge in [-0.2, -0.15) is 0 Å². The fourth-order valence-electron chi connectivity index (χ4n) is 4.11. The Labute approximate surface area is 278 Å². The number of phenols is 2. The summed E-state index contributed by atoms with van der Waals surface area (Å²) in [5.74, 6) is -0.848. The summed E-state index contributed by atoms with van der Waals surface area (Å²) in [4.78, 5) is 41.7. The van der Waals surface area contributed by atoms with E-state index in [0.717, 1.165) is 39.3 Å². The average Bonchev–Trinajstić information content (AvgIpc) is 3.87. The molecule has 2 aromatic rings. The Bertz CT molecular complexity index is 1480. The monoisotopic (exact) mass is 696 g/mol. The van der Waals surface area contributed by atoms with Crippen LogP contribution < -0.4 is 5.32 Å². The van der Waals surface area contributed by atoms with E-state index in [4.69, 9.17) is 43.6 Å². The predicted molar refractivity (Wildman–Crippen MR) is 170 cm³/mol. The van der Waals surface area contributed by atoms with E-state index in [-0.39, 0.29) is 23.1 Å². The Kier molecular flexibility index (Phi) is 11.8. The fourth-order valence-corrected chi connectivity index (χ4v) is 5.54. The zero-order valence-electron chi connectivity index (χ0n) is 24.5. The van der Waals surface area contributed by atoms with E-state index >= 15 is 0 Å². The second-order valence-corrected chi connectivity index (χ2v) is 12.7. The topological polar surface area (TPSA) is 194 Å². The van der Waals surface area contributed by atoms with Gasteiger partial charge in [0.25, 0.3) is 0 Å². The third kappa shape index (κ3) is 9.28. The molecule has 4 aliphatic rings. The molecule has 13 nitrogen and oxygen atoms in total. The highest BCUT2D eigenvalue weighted by atomic mass is 35.5. The molecule has 16 heteroatoms. The van der Waals surface area contributed by atoms with Gasteiger partial charge in [0.1, 0.15) is 22.9 Å². The second kappa shape index (κ2) is 15.4. The lowest BCUT2D eigenvalue weighted by Gasteiger charge is -2.27. The van der Waals surface area contributed by atoms with Crippen LogP contribution >= 0.6 is 35.0 Å². The Morgan fingerprint density at radius 3 is 1.65 bits per heavy atom. The number of aliphatic hydroxyl groups excluding tert-OH is 3. The van der Waals surface area contributed by atoms with Crippen LogP contribution in [0.4, 0.5) is 0 Å². The lowest BCUT2D eigenvalue weighted by molar-refractivity contribution is -0.136.